The fourth-order valence-corrected chi connectivity index (χ4v) is 1.94. The molecule has 0 aliphatic carbocycles. The highest BCUT2D eigenvalue weighted by Crippen LogP contribution is 2.20. The smallest absolute Gasteiger partial charge is 0.252 e. The van der Waals surface area contributed by atoms with Gasteiger partial charge in [0.15, 0.2) is 0 Å². The van der Waals surface area contributed by atoms with Crippen LogP contribution in [0.1, 0.15) is 16.1 Å². The number of amides is 1. The molecule has 1 aromatic carbocycles. The summed E-state index contributed by atoms with van der Waals surface area (Å²) in [6.07, 6.45) is 2.39. The minimum Gasteiger partial charge on any atom is -0.508 e. The molecule has 2 rings (SSSR count). The number of aromatic nitrogens is 2. The van der Waals surface area contributed by atoms with Crippen molar-refractivity contribution in [3.8, 4) is 5.75 Å². The van der Waals surface area contributed by atoms with Crippen molar-refractivity contribution < 1.29 is 9.90 Å². The molecule has 6 heteroatoms. The zero-order chi connectivity index (χ0) is 13.8. The van der Waals surface area contributed by atoms with E-state index < -0.39 is 0 Å². The summed E-state index contributed by atoms with van der Waals surface area (Å²) in [4.78, 5) is 11.9. The topological polar surface area (TPSA) is 67.2 Å². The van der Waals surface area contributed by atoms with Gasteiger partial charge in [-0.3, -0.25) is 9.48 Å². The van der Waals surface area contributed by atoms with Crippen LogP contribution in [0.3, 0.4) is 0 Å². The van der Waals surface area contributed by atoms with Gasteiger partial charge in [0.1, 0.15) is 5.75 Å². The second kappa shape index (κ2) is 5.75. The molecule has 0 unspecified atom stereocenters. The Labute approximate surface area is 115 Å². The number of phenolic OH excluding ortho intramolecular Hbond substituents is 1. The van der Waals surface area contributed by atoms with Crippen LogP contribution < -0.4 is 5.32 Å². The molecule has 1 amide bonds. The van der Waals surface area contributed by atoms with Crippen LogP contribution in [0.2, 0.25) is 5.02 Å². The van der Waals surface area contributed by atoms with E-state index in [0.29, 0.717) is 18.0 Å². The molecule has 0 radical (unpaired) electrons. The molecule has 0 saturated heterocycles. The number of hydrogen-bond acceptors (Lipinski definition) is 3. The number of hydrogen-bond donors (Lipinski definition) is 2. The molecule has 100 valence electrons. The average molecular weight is 280 g/mol. The zero-order valence-corrected chi connectivity index (χ0v) is 11.2. The highest BCUT2D eigenvalue weighted by Gasteiger charge is 2.10. The van der Waals surface area contributed by atoms with Crippen molar-refractivity contribution >= 4 is 17.5 Å². The van der Waals surface area contributed by atoms with Gasteiger partial charge in [0.05, 0.1) is 10.6 Å². The molecule has 2 aromatic rings. The molecular formula is C13H14ClN3O2. The van der Waals surface area contributed by atoms with Gasteiger partial charge >= 0.3 is 0 Å². The maximum Gasteiger partial charge on any atom is 0.252 e. The lowest BCUT2D eigenvalue weighted by molar-refractivity contribution is 0.0953. The molecule has 0 spiro atoms. The summed E-state index contributed by atoms with van der Waals surface area (Å²) >= 11 is 5.91. The first-order valence-electron chi connectivity index (χ1n) is 5.81. The molecule has 1 aromatic heterocycles. The number of nitrogens with zero attached hydrogens (tertiary/aromatic N) is 2. The van der Waals surface area contributed by atoms with Gasteiger partial charge in [-0.2, -0.15) is 5.10 Å². The van der Waals surface area contributed by atoms with Crippen molar-refractivity contribution in [2.75, 3.05) is 6.54 Å². The number of halogens is 1. The molecule has 19 heavy (non-hydrogen) atoms. The van der Waals surface area contributed by atoms with E-state index in [-0.39, 0.29) is 17.2 Å². The van der Waals surface area contributed by atoms with Gasteiger partial charge < -0.3 is 10.4 Å². The Hall–Kier alpha value is -2.01. The third kappa shape index (κ3) is 3.26. The average Bonchev–Trinajstić information content (AvgIpc) is 2.78. The molecular weight excluding hydrogens is 266 g/mol. The Morgan fingerprint density at radius 1 is 1.47 bits per heavy atom. The first-order chi connectivity index (χ1) is 9.08. The predicted molar refractivity (Wildman–Crippen MR) is 72.4 cm³/mol. The fraction of sp³-hybridized carbons (Fsp3) is 0.231. The van der Waals surface area contributed by atoms with Crippen LogP contribution in [0.15, 0.2) is 30.5 Å². The highest BCUT2D eigenvalue weighted by molar-refractivity contribution is 6.33. The molecule has 0 fully saturated rings. The van der Waals surface area contributed by atoms with Crippen molar-refractivity contribution in [1.29, 1.82) is 0 Å². The Morgan fingerprint density at radius 3 is 2.95 bits per heavy atom. The fourth-order valence-electron chi connectivity index (χ4n) is 1.73. The van der Waals surface area contributed by atoms with E-state index in [1.165, 1.54) is 18.2 Å². The van der Waals surface area contributed by atoms with E-state index in [1.807, 2.05) is 13.1 Å². The van der Waals surface area contributed by atoms with Crippen molar-refractivity contribution in [3.63, 3.8) is 0 Å². The van der Waals surface area contributed by atoms with Crippen LogP contribution in [-0.4, -0.2) is 27.3 Å². The summed E-state index contributed by atoms with van der Waals surface area (Å²) in [5, 5.41) is 16.5. The van der Waals surface area contributed by atoms with Crippen LogP contribution >= 0.6 is 11.6 Å². The molecule has 0 atom stereocenters. The quantitative estimate of drug-likeness (QED) is 0.896. The van der Waals surface area contributed by atoms with E-state index in [0.717, 1.165) is 5.69 Å². The van der Waals surface area contributed by atoms with E-state index in [9.17, 15) is 9.90 Å². The number of aromatic hydroxyl groups is 1. The van der Waals surface area contributed by atoms with Gasteiger partial charge in [-0.25, -0.2) is 0 Å². The van der Waals surface area contributed by atoms with Crippen molar-refractivity contribution in [2.45, 2.75) is 6.42 Å². The van der Waals surface area contributed by atoms with E-state index in [4.69, 9.17) is 11.6 Å². The summed E-state index contributed by atoms with van der Waals surface area (Å²) in [5.41, 5.74) is 1.30. The van der Waals surface area contributed by atoms with Gasteiger partial charge in [0, 0.05) is 31.9 Å². The second-order valence-corrected chi connectivity index (χ2v) is 4.52. The molecule has 0 saturated carbocycles. The van der Waals surface area contributed by atoms with Crippen molar-refractivity contribution in [3.05, 3.63) is 46.7 Å². The van der Waals surface area contributed by atoms with Crippen LogP contribution in [0, 0.1) is 0 Å². The Kier molecular flexibility index (Phi) is 4.06. The van der Waals surface area contributed by atoms with Gasteiger partial charge in [-0.1, -0.05) is 11.6 Å². The van der Waals surface area contributed by atoms with Crippen molar-refractivity contribution in [2.24, 2.45) is 7.05 Å². The van der Waals surface area contributed by atoms with Crippen LogP contribution in [-0.2, 0) is 13.5 Å². The Balaban J connectivity index is 1.94. The molecule has 0 bridgehead atoms. The largest absolute Gasteiger partial charge is 0.508 e. The minimum absolute atomic E-state index is 0.0150. The molecule has 5 nitrogen and oxygen atoms in total. The zero-order valence-electron chi connectivity index (χ0n) is 10.4. The first-order valence-corrected chi connectivity index (χ1v) is 6.19. The number of carbonyl (C=O) groups excluding carboxylic acids is 1. The van der Waals surface area contributed by atoms with Crippen LogP contribution in [0.4, 0.5) is 0 Å². The molecule has 0 aliphatic heterocycles. The van der Waals surface area contributed by atoms with Gasteiger partial charge in [0.2, 0.25) is 0 Å². The summed E-state index contributed by atoms with van der Waals surface area (Å²) in [6, 6.07) is 6.18. The standard InChI is InChI=1S/C13H14ClN3O2/c1-17-9(5-7-16-17)4-6-15-13(19)11-8-10(18)2-3-12(11)14/h2-3,5,7-8,18H,4,6H2,1H3,(H,15,19). The number of carbonyl (C=O) groups is 1. The Bertz CT molecular complexity index is 595. The molecule has 1 heterocycles. The summed E-state index contributed by atoms with van der Waals surface area (Å²) < 4.78 is 1.76. The SMILES string of the molecule is Cn1nccc1CCNC(=O)c1cc(O)ccc1Cl. The van der Waals surface area contributed by atoms with Crippen LogP contribution in [0.25, 0.3) is 0 Å². The third-order valence-electron chi connectivity index (χ3n) is 2.78. The minimum atomic E-state index is -0.303. The normalized spacial score (nSPS) is 10.4. The lowest BCUT2D eigenvalue weighted by Gasteiger charge is -2.07. The number of phenols is 1. The van der Waals surface area contributed by atoms with Gasteiger partial charge in [-0.05, 0) is 24.3 Å². The number of rotatable bonds is 4. The second-order valence-electron chi connectivity index (χ2n) is 4.12. The first kappa shape index (κ1) is 13.4. The van der Waals surface area contributed by atoms with Crippen LogP contribution in [0.5, 0.6) is 5.75 Å². The summed E-state index contributed by atoms with van der Waals surface area (Å²) in [7, 11) is 1.85. The maximum atomic E-state index is 11.9. The molecule has 2 N–H and O–H groups in total. The lowest BCUT2D eigenvalue weighted by Crippen LogP contribution is -2.26. The highest BCUT2D eigenvalue weighted by atomic mass is 35.5. The number of nitrogens with one attached hydrogen (secondary N) is 1. The lowest BCUT2D eigenvalue weighted by atomic mass is 10.2. The van der Waals surface area contributed by atoms with E-state index in [2.05, 4.69) is 10.4 Å². The monoisotopic (exact) mass is 279 g/mol. The van der Waals surface area contributed by atoms with E-state index >= 15 is 0 Å². The Morgan fingerprint density at radius 2 is 2.26 bits per heavy atom. The van der Waals surface area contributed by atoms with Gasteiger partial charge in [0.25, 0.3) is 5.91 Å². The maximum absolute atomic E-state index is 11.9. The molecule has 0 aliphatic rings. The summed E-state index contributed by atoms with van der Waals surface area (Å²) in [6.45, 7) is 0.477. The number of benzene rings is 1. The third-order valence-corrected chi connectivity index (χ3v) is 3.11. The number of aryl methyl sites for hydroxylation is 1. The van der Waals surface area contributed by atoms with Crippen molar-refractivity contribution in [1.82, 2.24) is 15.1 Å². The summed E-state index contributed by atoms with van der Waals surface area (Å²) in [5.74, 6) is -0.288. The predicted octanol–water partition coefficient (Wildman–Crippen LogP) is 1.75. The van der Waals surface area contributed by atoms with E-state index in [1.54, 1.807) is 10.9 Å². The van der Waals surface area contributed by atoms with Gasteiger partial charge in [-0.15, -0.1) is 0 Å².